The highest BCUT2D eigenvalue weighted by Crippen LogP contribution is 2.32. The van der Waals surface area contributed by atoms with Crippen LogP contribution in [0.1, 0.15) is 36.6 Å². The summed E-state index contributed by atoms with van der Waals surface area (Å²) in [4.78, 5) is 0. The molecule has 1 unspecified atom stereocenters. The quantitative estimate of drug-likeness (QED) is 0.834. The Morgan fingerprint density at radius 1 is 1.05 bits per heavy atom. The lowest BCUT2D eigenvalue weighted by atomic mass is 9.94. The molecule has 21 heavy (non-hydrogen) atoms. The highest BCUT2D eigenvalue weighted by Gasteiger charge is 2.18. The van der Waals surface area contributed by atoms with E-state index in [4.69, 9.17) is 4.74 Å². The molecule has 0 heterocycles. The Morgan fingerprint density at radius 2 is 1.76 bits per heavy atom. The van der Waals surface area contributed by atoms with Gasteiger partial charge in [-0.15, -0.1) is 0 Å². The van der Waals surface area contributed by atoms with Crippen LogP contribution >= 0.6 is 15.9 Å². The van der Waals surface area contributed by atoms with Crippen molar-refractivity contribution in [3.8, 4) is 5.75 Å². The molecular formula is C18H22BrNO. The van der Waals surface area contributed by atoms with E-state index >= 15 is 0 Å². The van der Waals surface area contributed by atoms with Crippen molar-refractivity contribution < 1.29 is 4.74 Å². The topological polar surface area (TPSA) is 21.3 Å². The number of para-hydroxylation sites is 1. The van der Waals surface area contributed by atoms with Crippen LogP contribution in [-0.2, 0) is 0 Å². The van der Waals surface area contributed by atoms with E-state index in [1.165, 1.54) is 16.7 Å². The first-order chi connectivity index (χ1) is 10.0. The second-order valence-corrected chi connectivity index (χ2v) is 6.34. The molecule has 0 spiro atoms. The maximum atomic E-state index is 5.96. The predicted octanol–water partition coefficient (Wildman–Crippen LogP) is 4.85. The Kier molecular flexibility index (Phi) is 5.43. The first kappa shape index (κ1) is 16.1. The van der Waals surface area contributed by atoms with Gasteiger partial charge in [0.25, 0.3) is 0 Å². The lowest BCUT2D eigenvalue weighted by Gasteiger charge is -2.23. The predicted molar refractivity (Wildman–Crippen MR) is 92.0 cm³/mol. The van der Waals surface area contributed by atoms with Gasteiger partial charge in [-0.1, -0.05) is 40.2 Å². The fourth-order valence-electron chi connectivity index (χ4n) is 2.52. The summed E-state index contributed by atoms with van der Waals surface area (Å²) in [5.41, 5.74) is 3.68. The molecule has 0 aliphatic heterocycles. The first-order valence-electron chi connectivity index (χ1n) is 7.21. The molecule has 2 aromatic carbocycles. The Balaban J connectivity index is 2.46. The number of nitrogens with one attached hydrogen (secondary N) is 1. The van der Waals surface area contributed by atoms with Gasteiger partial charge < -0.3 is 10.1 Å². The van der Waals surface area contributed by atoms with Crippen molar-refractivity contribution in [2.24, 2.45) is 0 Å². The minimum Gasteiger partial charge on any atom is -0.491 e. The molecule has 0 fully saturated rings. The molecule has 0 amide bonds. The normalized spacial score (nSPS) is 12.5. The molecule has 0 radical (unpaired) electrons. The summed E-state index contributed by atoms with van der Waals surface area (Å²) in [6, 6.07) is 14.7. The first-order valence-corrected chi connectivity index (χ1v) is 8.01. The number of benzene rings is 2. The lowest BCUT2D eigenvalue weighted by Crippen LogP contribution is -2.20. The van der Waals surface area contributed by atoms with Crippen LogP contribution < -0.4 is 10.1 Å². The van der Waals surface area contributed by atoms with E-state index in [9.17, 15) is 0 Å². The molecule has 0 bridgehead atoms. The summed E-state index contributed by atoms with van der Waals surface area (Å²) >= 11 is 3.53. The fourth-order valence-corrected chi connectivity index (χ4v) is 3.00. The fraction of sp³-hybridized carbons (Fsp3) is 0.333. The molecule has 0 aliphatic carbocycles. The zero-order valence-corrected chi connectivity index (χ0v) is 14.6. The van der Waals surface area contributed by atoms with Crippen molar-refractivity contribution in [3.63, 3.8) is 0 Å². The zero-order valence-electron chi connectivity index (χ0n) is 13.0. The summed E-state index contributed by atoms with van der Waals surface area (Å²) in [7, 11) is 1.98. The highest BCUT2D eigenvalue weighted by atomic mass is 79.9. The van der Waals surface area contributed by atoms with E-state index < -0.39 is 0 Å². The number of hydrogen-bond acceptors (Lipinski definition) is 2. The molecule has 0 saturated heterocycles. The molecular weight excluding hydrogens is 326 g/mol. The van der Waals surface area contributed by atoms with Crippen molar-refractivity contribution in [3.05, 3.63) is 63.6 Å². The van der Waals surface area contributed by atoms with Crippen LogP contribution in [0, 0.1) is 6.92 Å². The molecule has 2 nitrogen and oxygen atoms in total. The average molecular weight is 348 g/mol. The standard InChI is InChI=1S/C18H22BrNO/c1-12(2)21-17-8-6-5-7-16(17)18(20-4)15-10-9-14(19)11-13(15)3/h5-12,18,20H,1-4H3. The summed E-state index contributed by atoms with van der Waals surface area (Å²) in [6.07, 6.45) is 0.162. The van der Waals surface area contributed by atoms with Gasteiger partial charge in [0.1, 0.15) is 5.75 Å². The van der Waals surface area contributed by atoms with E-state index in [0.717, 1.165) is 10.2 Å². The maximum Gasteiger partial charge on any atom is 0.124 e. The monoisotopic (exact) mass is 347 g/mol. The van der Waals surface area contributed by atoms with E-state index in [1.807, 2.05) is 19.2 Å². The highest BCUT2D eigenvalue weighted by molar-refractivity contribution is 9.10. The Morgan fingerprint density at radius 3 is 2.38 bits per heavy atom. The number of aryl methyl sites for hydroxylation is 1. The largest absolute Gasteiger partial charge is 0.491 e. The van der Waals surface area contributed by atoms with Gasteiger partial charge in [0.2, 0.25) is 0 Å². The van der Waals surface area contributed by atoms with E-state index in [-0.39, 0.29) is 12.1 Å². The molecule has 0 aliphatic rings. The third-order valence-corrected chi connectivity index (χ3v) is 3.92. The van der Waals surface area contributed by atoms with Crippen molar-refractivity contribution in [1.29, 1.82) is 0 Å². The number of ether oxygens (including phenoxy) is 1. The van der Waals surface area contributed by atoms with Crippen LogP contribution in [0.5, 0.6) is 5.75 Å². The third kappa shape index (κ3) is 3.86. The van der Waals surface area contributed by atoms with Gasteiger partial charge in [0, 0.05) is 10.0 Å². The molecule has 1 N–H and O–H groups in total. The van der Waals surface area contributed by atoms with Crippen molar-refractivity contribution in [2.75, 3.05) is 7.05 Å². The summed E-state index contributed by atoms with van der Waals surface area (Å²) < 4.78 is 7.07. The average Bonchev–Trinajstić information content (AvgIpc) is 2.43. The van der Waals surface area contributed by atoms with E-state index in [0.29, 0.717) is 0 Å². The van der Waals surface area contributed by atoms with Gasteiger partial charge in [-0.2, -0.15) is 0 Å². The van der Waals surface area contributed by atoms with E-state index in [2.05, 4.69) is 72.3 Å². The summed E-state index contributed by atoms with van der Waals surface area (Å²) in [6.45, 7) is 6.24. The van der Waals surface area contributed by atoms with Gasteiger partial charge >= 0.3 is 0 Å². The Bertz CT molecular complexity index is 610. The lowest BCUT2D eigenvalue weighted by molar-refractivity contribution is 0.238. The number of rotatable bonds is 5. The SMILES string of the molecule is CNC(c1ccc(Br)cc1C)c1ccccc1OC(C)C. The molecule has 2 rings (SSSR count). The van der Waals surface area contributed by atoms with Crippen molar-refractivity contribution in [1.82, 2.24) is 5.32 Å². The molecule has 1 atom stereocenters. The molecule has 3 heteroatoms. The van der Waals surface area contributed by atoms with Crippen LogP contribution in [0.2, 0.25) is 0 Å². The molecule has 0 aromatic heterocycles. The third-order valence-electron chi connectivity index (χ3n) is 3.42. The van der Waals surface area contributed by atoms with Crippen LogP contribution in [0.3, 0.4) is 0 Å². The second-order valence-electron chi connectivity index (χ2n) is 5.43. The Labute approximate surface area is 135 Å². The molecule has 0 saturated carbocycles. The van der Waals surface area contributed by atoms with Gasteiger partial charge in [-0.25, -0.2) is 0 Å². The van der Waals surface area contributed by atoms with Crippen LogP contribution in [0.4, 0.5) is 0 Å². The van der Waals surface area contributed by atoms with Gasteiger partial charge in [0.05, 0.1) is 12.1 Å². The molecule has 2 aromatic rings. The van der Waals surface area contributed by atoms with Crippen LogP contribution in [0.25, 0.3) is 0 Å². The van der Waals surface area contributed by atoms with Gasteiger partial charge in [0.15, 0.2) is 0 Å². The smallest absolute Gasteiger partial charge is 0.124 e. The Hall–Kier alpha value is -1.32. The minimum absolute atomic E-state index is 0.119. The summed E-state index contributed by atoms with van der Waals surface area (Å²) in [5.74, 6) is 0.939. The number of halogens is 1. The summed E-state index contributed by atoms with van der Waals surface area (Å²) in [5, 5.41) is 3.41. The second kappa shape index (κ2) is 7.10. The van der Waals surface area contributed by atoms with Crippen molar-refractivity contribution >= 4 is 15.9 Å². The maximum absolute atomic E-state index is 5.96. The van der Waals surface area contributed by atoms with Crippen LogP contribution in [-0.4, -0.2) is 13.2 Å². The van der Waals surface area contributed by atoms with E-state index in [1.54, 1.807) is 0 Å². The molecule has 112 valence electrons. The zero-order chi connectivity index (χ0) is 15.4. The van der Waals surface area contributed by atoms with Crippen LogP contribution in [0.15, 0.2) is 46.9 Å². The van der Waals surface area contributed by atoms with Gasteiger partial charge in [-0.3, -0.25) is 0 Å². The number of hydrogen-bond donors (Lipinski definition) is 1. The van der Waals surface area contributed by atoms with Gasteiger partial charge in [-0.05, 0) is 57.1 Å². The van der Waals surface area contributed by atoms with Crippen molar-refractivity contribution in [2.45, 2.75) is 32.9 Å². The minimum atomic E-state index is 0.119.